The van der Waals surface area contributed by atoms with Crippen molar-refractivity contribution in [2.75, 3.05) is 13.2 Å². The van der Waals surface area contributed by atoms with Gasteiger partial charge in [0.2, 0.25) is 0 Å². The third-order valence-corrected chi connectivity index (χ3v) is 4.16. The van der Waals surface area contributed by atoms with E-state index in [-0.39, 0.29) is 13.2 Å². The van der Waals surface area contributed by atoms with Gasteiger partial charge in [0.05, 0.1) is 16.6 Å². The molecule has 0 atom stereocenters. The Labute approximate surface area is 160 Å². The molecule has 0 aliphatic carbocycles. The van der Waals surface area contributed by atoms with Crippen LogP contribution in [0.2, 0.25) is 5.02 Å². The molecule has 0 aliphatic heterocycles. The fourth-order valence-electron chi connectivity index (χ4n) is 2.07. The third kappa shape index (κ3) is 5.25. The largest absolute Gasteiger partial charge is 0.490 e. The molecule has 132 valence electrons. The molecule has 0 radical (unpaired) electrons. The highest BCUT2D eigenvalue weighted by Crippen LogP contribution is 2.38. The van der Waals surface area contributed by atoms with Gasteiger partial charge in [0.25, 0.3) is 0 Å². The van der Waals surface area contributed by atoms with Crippen molar-refractivity contribution in [2.45, 2.75) is 13.5 Å². The zero-order valence-corrected chi connectivity index (χ0v) is 16.1. The summed E-state index contributed by atoms with van der Waals surface area (Å²) in [5, 5.41) is 0.626. The number of ether oxygens (including phenoxy) is 3. The minimum absolute atomic E-state index is 0.144. The standard InChI is InChI=1S/C19H18BrClO4/c1-3-9-24-19(22)14-10-15(20)18(17(11-14)23-4-2)25-12-13-7-5-6-8-16(13)21/h3,5-8,10-11H,1,4,9,12H2,2H3. The average molecular weight is 426 g/mol. The van der Waals surface area contributed by atoms with Gasteiger partial charge in [-0.1, -0.05) is 42.5 Å². The van der Waals surface area contributed by atoms with Crippen LogP contribution in [-0.4, -0.2) is 19.2 Å². The summed E-state index contributed by atoms with van der Waals surface area (Å²) in [7, 11) is 0. The second-order valence-electron chi connectivity index (χ2n) is 4.99. The van der Waals surface area contributed by atoms with Crippen molar-refractivity contribution in [2.24, 2.45) is 0 Å². The number of hydrogen-bond donors (Lipinski definition) is 0. The Kier molecular flexibility index (Phi) is 7.34. The van der Waals surface area contributed by atoms with Crippen LogP contribution in [0, 0.1) is 0 Å². The molecule has 0 spiro atoms. The van der Waals surface area contributed by atoms with Crippen LogP contribution in [0.3, 0.4) is 0 Å². The number of halogens is 2. The molecule has 0 saturated heterocycles. The van der Waals surface area contributed by atoms with E-state index in [1.807, 2.05) is 25.1 Å². The summed E-state index contributed by atoms with van der Waals surface area (Å²) in [6, 6.07) is 10.7. The van der Waals surface area contributed by atoms with Gasteiger partial charge >= 0.3 is 5.97 Å². The van der Waals surface area contributed by atoms with Crippen LogP contribution in [0.5, 0.6) is 11.5 Å². The van der Waals surface area contributed by atoms with E-state index in [2.05, 4.69) is 22.5 Å². The first kappa shape index (κ1) is 19.3. The van der Waals surface area contributed by atoms with Crippen molar-refractivity contribution >= 4 is 33.5 Å². The molecule has 0 unspecified atom stereocenters. The number of carbonyl (C=O) groups is 1. The zero-order chi connectivity index (χ0) is 18.2. The maximum atomic E-state index is 12.0. The normalized spacial score (nSPS) is 10.2. The predicted molar refractivity (Wildman–Crippen MR) is 102 cm³/mol. The van der Waals surface area contributed by atoms with Crippen LogP contribution in [0.1, 0.15) is 22.8 Å². The van der Waals surface area contributed by atoms with Crippen LogP contribution in [0.4, 0.5) is 0 Å². The van der Waals surface area contributed by atoms with Gasteiger partial charge in [-0.25, -0.2) is 4.79 Å². The van der Waals surface area contributed by atoms with E-state index in [0.717, 1.165) is 5.56 Å². The van der Waals surface area contributed by atoms with Gasteiger partial charge in [-0.2, -0.15) is 0 Å². The first-order valence-corrected chi connectivity index (χ1v) is 8.84. The molecule has 0 aromatic heterocycles. The van der Waals surface area contributed by atoms with Gasteiger partial charge < -0.3 is 14.2 Å². The van der Waals surface area contributed by atoms with Crippen molar-refractivity contribution in [1.29, 1.82) is 0 Å². The van der Waals surface area contributed by atoms with Crippen molar-refractivity contribution in [3.8, 4) is 11.5 Å². The molecule has 0 bridgehead atoms. The molecular weight excluding hydrogens is 408 g/mol. The van der Waals surface area contributed by atoms with E-state index in [1.54, 1.807) is 18.2 Å². The van der Waals surface area contributed by atoms with Gasteiger partial charge in [0.1, 0.15) is 13.2 Å². The van der Waals surface area contributed by atoms with Crippen LogP contribution >= 0.6 is 27.5 Å². The fraction of sp³-hybridized carbons (Fsp3) is 0.211. The SMILES string of the molecule is C=CCOC(=O)c1cc(Br)c(OCc2ccccc2Cl)c(OCC)c1. The van der Waals surface area contributed by atoms with Crippen LogP contribution < -0.4 is 9.47 Å². The van der Waals surface area contributed by atoms with Crippen molar-refractivity contribution in [1.82, 2.24) is 0 Å². The van der Waals surface area contributed by atoms with Gasteiger partial charge in [0.15, 0.2) is 11.5 Å². The molecule has 4 nitrogen and oxygen atoms in total. The molecular formula is C19H18BrClO4. The Morgan fingerprint density at radius 1 is 1.28 bits per heavy atom. The molecule has 2 aromatic rings. The smallest absolute Gasteiger partial charge is 0.338 e. The summed E-state index contributed by atoms with van der Waals surface area (Å²) in [6.45, 7) is 6.23. The molecule has 0 amide bonds. The monoisotopic (exact) mass is 424 g/mol. The molecule has 2 rings (SSSR count). The molecule has 0 fully saturated rings. The quantitative estimate of drug-likeness (QED) is 0.418. The lowest BCUT2D eigenvalue weighted by Gasteiger charge is -2.15. The topological polar surface area (TPSA) is 44.8 Å². The van der Waals surface area contributed by atoms with Gasteiger partial charge in [-0.05, 0) is 41.1 Å². The lowest BCUT2D eigenvalue weighted by molar-refractivity contribution is 0.0549. The zero-order valence-electron chi connectivity index (χ0n) is 13.8. The first-order chi connectivity index (χ1) is 12.1. The van der Waals surface area contributed by atoms with E-state index in [1.165, 1.54) is 6.08 Å². The Hall–Kier alpha value is -1.98. The highest BCUT2D eigenvalue weighted by molar-refractivity contribution is 9.10. The Morgan fingerprint density at radius 3 is 2.72 bits per heavy atom. The third-order valence-electron chi connectivity index (χ3n) is 3.21. The van der Waals surface area contributed by atoms with E-state index in [9.17, 15) is 4.79 Å². The van der Waals surface area contributed by atoms with Crippen molar-refractivity contribution < 1.29 is 19.0 Å². The highest BCUT2D eigenvalue weighted by atomic mass is 79.9. The Balaban J connectivity index is 2.26. The molecule has 2 aromatic carbocycles. The summed E-state index contributed by atoms with van der Waals surface area (Å²) in [4.78, 5) is 12.0. The van der Waals surface area contributed by atoms with Gasteiger partial charge in [-0.3, -0.25) is 0 Å². The van der Waals surface area contributed by atoms with Crippen LogP contribution in [0.25, 0.3) is 0 Å². The summed E-state index contributed by atoms with van der Waals surface area (Å²) >= 11 is 9.58. The minimum Gasteiger partial charge on any atom is -0.490 e. The van der Waals surface area contributed by atoms with Crippen molar-refractivity contribution in [3.63, 3.8) is 0 Å². The maximum absolute atomic E-state index is 12.0. The number of carbonyl (C=O) groups excluding carboxylic acids is 1. The van der Waals surface area contributed by atoms with Crippen molar-refractivity contribution in [3.05, 3.63) is 69.7 Å². The van der Waals surface area contributed by atoms with Crippen LogP contribution in [-0.2, 0) is 11.3 Å². The number of rotatable bonds is 8. The lowest BCUT2D eigenvalue weighted by Crippen LogP contribution is -2.07. The van der Waals surface area contributed by atoms with Crippen LogP contribution in [0.15, 0.2) is 53.5 Å². The van der Waals surface area contributed by atoms with E-state index in [4.69, 9.17) is 25.8 Å². The lowest BCUT2D eigenvalue weighted by atomic mass is 10.2. The average Bonchev–Trinajstić information content (AvgIpc) is 2.60. The molecule has 0 aliphatic rings. The second-order valence-corrected chi connectivity index (χ2v) is 6.25. The summed E-state index contributed by atoms with van der Waals surface area (Å²) in [6.07, 6.45) is 1.51. The van der Waals surface area contributed by atoms with E-state index >= 15 is 0 Å². The van der Waals surface area contributed by atoms with E-state index < -0.39 is 5.97 Å². The fourth-order valence-corrected chi connectivity index (χ4v) is 2.82. The molecule has 0 saturated carbocycles. The van der Waals surface area contributed by atoms with Gasteiger partial charge in [0, 0.05) is 10.6 Å². The second kappa shape index (κ2) is 9.49. The molecule has 0 N–H and O–H groups in total. The summed E-state index contributed by atoms with van der Waals surface area (Å²) < 4.78 is 17.1. The molecule has 25 heavy (non-hydrogen) atoms. The number of hydrogen-bond acceptors (Lipinski definition) is 4. The Morgan fingerprint density at radius 2 is 2.04 bits per heavy atom. The predicted octanol–water partition coefficient (Wildman–Crippen LogP) is 5.42. The molecule has 0 heterocycles. The summed E-state index contributed by atoms with van der Waals surface area (Å²) in [5.41, 5.74) is 1.22. The highest BCUT2D eigenvalue weighted by Gasteiger charge is 2.17. The first-order valence-electron chi connectivity index (χ1n) is 7.67. The van der Waals surface area contributed by atoms with E-state index in [0.29, 0.717) is 33.2 Å². The number of benzene rings is 2. The minimum atomic E-state index is -0.459. The van der Waals surface area contributed by atoms with Gasteiger partial charge in [-0.15, -0.1) is 0 Å². The summed E-state index contributed by atoms with van der Waals surface area (Å²) in [5.74, 6) is 0.496. The maximum Gasteiger partial charge on any atom is 0.338 e. The number of esters is 1. The Bertz CT molecular complexity index is 761. The molecule has 6 heteroatoms.